The molecule has 9 nitrogen and oxygen atoms in total. The summed E-state index contributed by atoms with van der Waals surface area (Å²) in [6.07, 6.45) is 5.40. The van der Waals surface area contributed by atoms with Crippen molar-refractivity contribution in [2.75, 3.05) is 5.32 Å². The van der Waals surface area contributed by atoms with Crippen LogP contribution in [0.4, 0.5) is 11.5 Å². The van der Waals surface area contributed by atoms with Crippen LogP contribution >= 0.6 is 0 Å². The van der Waals surface area contributed by atoms with Gasteiger partial charge in [0.1, 0.15) is 11.5 Å². The topological polar surface area (TPSA) is 123 Å². The van der Waals surface area contributed by atoms with E-state index in [1.54, 1.807) is 16.8 Å². The van der Waals surface area contributed by atoms with Crippen molar-refractivity contribution in [1.29, 1.82) is 0 Å². The molecule has 1 saturated carbocycles. The third-order valence-corrected chi connectivity index (χ3v) is 4.67. The Morgan fingerprint density at radius 2 is 2.17 bits per heavy atom. The summed E-state index contributed by atoms with van der Waals surface area (Å²) in [4.78, 5) is 25.7. The Morgan fingerprint density at radius 3 is 2.90 bits per heavy atom. The number of nitrogens with one attached hydrogen (secondary N) is 3. The van der Waals surface area contributed by atoms with Gasteiger partial charge in [0.25, 0.3) is 0 Å². The average molecular weight is 389 g/mol. The predicted molar refractivity (Wildman–Crippen MR) is 108 cm³/mol. The minimum atomic E-state index is -0.482. The maximum Gasteiger partial charge on any atom is 0.326 e. The van der Waals surface area contributed by atoms with Crippen molar-refractivity contribution in [2.24, 2.45) is 4.99 Å². The summed E-state index contributed by atoms with van der Waals surface area (Å²) in [5.41, 5.74) is 3.14. The van der Waals surface area contributed by atoms with E-state index in [-0.39, 0.29) is 11.6 Å². The van der Waals surface area contributed by atoms with E-state index in [0.717, 1.165) is 24.1 Å². The van der Waals surface area contributed by atoms with Crippen LogP contribution in [0.5, 0.6) is 5.88 Å². The number of hydrogen-bond acceptors (Lipinski definition) is 6. The number of aromatic amines is 2. The monoisotopic (exact) mass is 389 g/mol. The summed E-state index contributed by atoms with van der Waals surface area (Å²) < 4.78 is 1.67. The van der Waals surface area contributed by atoms with Gasteiger partial charge in [0, 0.05) is 17.0 Å². The minimum absolute atomic E-state index is 0.230. The number of aromatic nitrogens is 5. The molecule has 0 atom stereocenters. The lowest BCUT2D eigenvalue weighted by molar-refractivity contribution is 0.454. The number of benzene rings is 1. The van der Waals surface area contributed by atoms with Crippen molar-refractivity contribution in [3.8, 4) is 5.88 Å². The molecule has 4 N–H and O–H groups in total. The van der Waals surface area contributed by atoms with Crippen LogP contribution in [0.1, 0.15) is 24.1 Å². The van der Waals surface area contributed by atoms with E-state index >= 15 is 0 Å². The van der Waals surface area contributed by atoms with Gasteiger partial charge in [-0.05, 0) is 43.5 Å². The fourth-order valence-corrected chi connectivity index (χ4v) is 3.13. The van der Waals surface area contributed by atoms with Crippen molar-refractivity contribution >= 4 is 23.2 Å². The molecule has 29 heavy (non-hydrogen) atoms. The third-order valence-electron chi connectivity index (χ3n) is 4.67. The first-order valence-electron chi connectivity index (χ1n) is 9.34. The number of H-pyrrole nitrogens is 2. The van der Waals surface area contributed by atoms with E-state index in [1.807, 2.05) is 37.3 Å². The minimum Gasteiger partial charge on any atom is -0.493 e. The Labute approximate surface area is 164 Å². The molecule has 9 heteroatoms. The first-order valence-corrected chi connectivity index (χ1v) is 9.34. The molecular weight excluding hydrogens is 370 g/mol. The molecule has 1 aromatic carbocycles. The molecule has 0 saturated heterocycles. The van der Waals surface area contributed by atoms with Gasteiger partial charge >= 0.3 is 5.69 Å². The van der Waals surface area contributed by atoms with Gasteiger partial charge in [-0.15, -0.1) is 0 Å². The molecule has 1 aliphatic rings. The molecule has 0 aliphatic heterocycles. The van der Waals surface area contributed by atoms with Crippen LogP contribution in [0.15, 0.2) is 46.3 Å². The van der Waals surface area contributed by atoms with E-state index in [1.165, 1.54) is 0 Å². The summed E-state index contributed by atoms with van der Waals surface area (Å²) in [7, 11) is 0. The van der Waals surface area contributed by atoms with E-state index in [4.69, 9.17) is 9.98 Å². The van der Waals surface area contributed by atoms with E-state index in [9.17, 15) is 9.90 Å². The largest absolute Gasteiger partial charge is 0.493 e. The predicted octanol–water partition coefficient (Wildman–Crippen LogP) is 1.11. The molecule has 0 spiro atoms. The van der Waals surface area contributed by atoms with Crippen LogP contribution in [0.2, 0.25) is 0 Å². The maximum absolute atomic E-state index is 11.4. The number of hydrogen-bond donors (Lipinski definition) is 4. The number of aromatic hydroxyl groups is 1. The van der Waals surface area contributed by atoms with Gasteiger partial charge in [0.15, 0.2) is 11.1 Å². The first kappa shape index (κ1) is 17.2. The van der Waals surface area contributed by atoms with Gasteiger partial charge in [-0.2, -0.15) is 9.61 Å². The van der Waals surface area contributed by atoms with Crippen molar-refractivity contribution in [3.63, 3.8) is 0 Å². The van der Waals surface area contributed by atoms with Gasteiger partial charge in [0.05, 0.1) is 12.2 Å². The smallest absolute Gasteiger partial charge is 0.326 e. The Morgan fingerprint density at radius 1 is 1.31 bits per heavy atom. The van der Waals surface area contributed by atoms with Crippen LogP contribution < -0.4 is 21.7 Å². The van der Waals surface area contributed by atoms with Gasteiger partial charge in [-0.1, -0.05) is 12.1 Å². The Balaban J connectivity index is 1.68. The zero-order valence-electron chi connectivity index (χ0n) is 15.7. The highest BCUT2D eigenvalue weighted by Crippen LogP contribution is 2.22. The highest BCUT2D eigenvalue weighted by molar-refractivity contribution is 5.61. The Kier molecular flexibility index (Phi) is 3.94. The molecule has 4 aromatic rings. The van der Waals surface area contributed by atoms with Gasteiger partial charge in [0.2, 0.25) is 5.88 Å². The second-order valence-corrected chi connectivity index (χ2v) is 7.18. The highest BCUT2D eigenvalue weighted by Gasteiger charge is 2.20. The van der Waals surface area contributed by atoms with Crippen molar-refractivity contribution < 1.29 is 5.11 Å². The van der Waals surface area contributed by atoms with Crippen LogP contribution in [-0.2, 0) is 0 Å². The fraction of sp³-hybridized carbons (Fsp3) is 0.200. The van der Waals surface area contributed by atoms with E-state index in [0.29, 0.717) is 28.2 Å². The molecule has 5 rings (SSSR count). The second kappa shape index (κ2) is 6.62. The molecule has 3 aromatic heterocycles. The molecule has 1 fully saturated rings. The highest BCUT2D eigenvalue weighted by atomic mass is 16.3. The summed E-state index contributed by atoms with van der Waals surface area (Å²) >= 11 is 0. The number of fused-ring (bicyclic) bond motifs is 1. The Bertz CT molecular complexity index is 1390. The van der Waals surface area contributed by atoms with Crippen LogP contribution in [0.25, 0.3) is 11.7 Å². The number of rotatable bonds is 4. The first-order chi connectivity index (χ1) is 14.0. The Hall–Kier alpha value is -3.88. The van der Waals surface area contributed by atoms with Crippen molar-refractivity contribution in [2.45, 2.75) is 25.8 Å². The summed E-state index contributed by atoms with van der Waals surface area (Å²) in [5.74, 6) is 0.413. The quantitative estimate of drug-likeness (QED) is 0.416. The molecule has 1 aliphatic carbocycles. The van der Waals surface area contributed by atoms with Crippen molar-refractivity contribution in [1.82, 2.24) is 24.6 Å². The maximum atomic E-state index is 11.4. The molecular formula is C20H19N7O2. The van der Waals surface area contributed by atoms with Crippen LogP contribution in [0, 0.1) is 6.92 Å². The van der Waals surface area contributed by atoms with Gasteiger partial charge < -0.3 is 15.4 Å². The fourth-order valence-electron chi connectivity index (χ4n) is 3.13. The standard InChI is InChI=1S/C20H19N7O2/c1-11-3-2-4-14(7-11)22-16-9-17(23-13-5-6-13)27-18(25-16)12(10-21-27)8-15-19(28)26-20(29)24-15/h2-4,7-10,13,22,28H,5-6H2,1H3,(H2,24,26,29)/b12-8-,23-17?. The number of anilines is 2. The zero-order valence-corrected chi connectivity index (χ0v) is 15.7. The zero-order chi connectivity index (χ0) is 20.0. The normalized spacial score (nSPS) is 15.3. The summed E-state index contributed by atoms with van der Waals surface area (Å²) in [6, 6.07) is 10.2. The van der Waals surface area contributed by atoms with Crippen LogP contribution in [-0.4, -0.2) is 35.7 Å². The van der Waals surface area contributed by atoms with Crippen LogP contribution in [0.3, 0.4) is 0 Å². The van der Waals surface area contributed by atoms with Gasteiger partial charge in [-0.3, -0.25) is 9.98 Å². The van der Waals surface area contributed by atoms with Crippen molar-refractivity contribution in [3.05, 3.63) is 69.0 Å². The SMILES string of the molecule is Cc1cccc(Nc2cc(=NC3CC3)n3nc/c(=C/c4[nH]c(=O)[nH]c4O)c3n2)c1. The molecule has 0 radical (unpaired) electrons. The third kappa shape index (κ3) is 3.49. The number of imidazole rings is 1. The van der Waals surface area contributed by atoms with E-state index < -0.39 is 5.69 Å². The lowest BCUT2D eigenvalue weighted by atomic mass is 10.2. The van der Waals surface area contributed by atoms with E-state index in [2.05, 4.69) is 20.4 Å². The lowest BCUT2D eigenvalue weighted by Gasteiger charge is -2.07. The molecule has 146 valence electrons. The summed E-state index contributed by atoms with van der Waals surface area (Å²) in [6.45, 7) is 2.03. The number of aryl methyl sites for hydroxylation is 1. The molecule has 0 amide bonds. The second-order valence-electron chi connectivity index (χ2n) is 7.18. The molecule has 3 heterocycles. The molecule has 0 bridgehead atoms. The number of nitrogens with zero attached hydrogens (tertiary/aromatic N) is 4. The molecule has 0 unspecified atom stereocenters. The summed E-state index contributed by atoms with van der Waals surface area (Å²) in [5, 5.41) is 18.3. The van der Waals surface area contributed by atoms with Gasteiger partial charge in [-0.25, -0.2) is 9.78 Å². The average Bonchev–Trinajstić information content (AvgIpc) is 3.31. The lowest BCUT2D eigenvalue weighted by Crippen LogP contribution is -2.19.